The van der Waals surface area contributed by atoms with E-state index < -0.39 is 16.6 Å². The Balaban J connectivity index is 1.97. The molecule has 0 aromatic carbocycles. The van der Waals surface area contributed by atoms with E-state index in [1.165, 1.54) is 22.3 Å². The maximum Gasteiger partial charge on any atom is 0.183 e. The molecule has 2 nitrogen and oxygen atoms in total. The van der Waals surface area contributed by atoms with Crippen molar-refractivity contribution in [2.75, 3.05) is 13.2 Å². The minimum Gasteiger partial charge on any atom is -0.418 e. The highest BCUT2D eigenvalue weighted by molar-refractivity contribution is 6.70. The van der Waals surface area contributed by atoms with Gasteiger partial charge in [0.1, 0.15) is 0 Å². The molecule has 2 rings (SSSR count). The molecule has 0 aromatic heterocycles. The van der Waals surface area contributed by atoms with Gasteiger partial charge in [-0.1, -0.05) is 42.3 Å². The predicted molar refractivity (Wildman–Crippen MR) is 137 cm³/mol. The summed E-state index contributed by atoms with van der Waals surface area (Å²) >= 11 is 13.3. The van der Waals surface area contributed by atoms with Gasteiger partial charge < -0.3 is 8.85 Å². The normalized spacial score (nSPS) is 18.1. The summed E-state index contributed by atoms with van der Waals surface area (Å²) in [5.41, 5.74) is 5.44. The number of allylic oxidation sites excluding steroid dienone is 8. The summed E-state index contributed by atoms with van der Waals surface area (Å²) < 4.78 is 12.1. The summed E-state index contributed by atoms with van der Waals surface area (Å²) in [5, 5.41) is 2.01. The lowest BCUT2D eigenvalue weighted by molar-refractivity contribution is 0.305. The topological polar surface area (TPSA) is 18.5 Å². The first kappa shape index (κ1) is 26.1. The minimum atomic E-state index is -1.46. The van der Waals surface area contributed by atoms with Crippen molar-refractivity contribution in [1.82, 2.24) is 0 Å². The molecule has 30 heavy (non-hydrogen) atoms. The molecular formula is C24H40Cl2O2Si2. The molecule has 0 amide bonds. The molecule has 0 spiro atoms. The third-order valence-electron chi connectivity index (χ3n) is 5.50. The Morgan fingerprint density at radius 2 is 1.13 bits per heavy atom. The van der Waals surface area contributed by atoms with Crippen LogP contribution in [0.25, 0.3) is 0 Å². The zero-order chi connectivity index (χ0) is 22.5. The van der Waals surface area contributed by atoms with Gasteiger partial charge in [0, 0.05) is 42.0 Å². The van der Waals surface area contributed by atoms with E-state index in [1.54, 1.807) is 0 Å². The zero-order valence-electron chi connectivity index (χ0n) is 20.0. The van der Waals surface area contributed by atoms with Gasteiger partial charge in [-0.2, -0.15) is 0 Å². The number of halogens is 2. The van der Waals surface area contributed by atoms with E-state index in [0.29, 0.717) is 5.92 Å². The molecule has 2 aliphatic rings. The van der Waals surface area contributed by atoms with E-state index in [2.05, 4.69) is 58.4 Å². The van der Waals surface area contributed by atoms with Crippen LogP contribution in [0.1, 0.15) is 45.4 Å². The highest BCUT2D eigenvalue weighted by Crippen LogP contribution is 2.44. The molecule has 0 fully saturated rings. The summed E-state index contributed by atoms with van der Waals surface area (Å²) in [5.74, 6) is 0.332. The van der Waals surface area contributed by atoms with Crippen LogP contribution < -0.4 is 0 Å². The first-order valence-electron chi connectivity index (χ1n) is 11.3. The van der Waals surface area contributed by atoms with Gasteiger partial charge in [-0.3, -0.25) is 0 Å². The Kier molecular flexibility index (Phi) is 9.72. The summed E-state index contributed by atoms with van der Waals surface area (Å²) in [6, 6.07) is 0. The Morgan fingerprint density at radius 1 is 0.767 bits per heavy atom. The van der Waals surface area contributed by atoms with Crippen molar-refractivity contribution < 1.29 is 8.85 Å². The van der Waals surface area contributed by atoms with E-state index >= 15 is 0 Å². The summed E-state index contributed by atoms with van der Waals surface area (Å²) in [7, 11) is -2.91. The van der Waals surface area contributed by atoms with E-state index in [-0.39, 0.29) is 0 Å². The summed E-state index contributed by atoms with van der Waals surface area (Å²) in [4.78, 5) is 0. The SMILES string of the molecule is CC(C1=CCC(Cl)=C1CCCO[Si](C)(C)C)C1=CCC(Cl)=C1CCCO[Si](C)(C)C. The van der Waals surface area contributed by atoms with Crippen LogP contribution in [0.4, 0.5) is 0 Å². The quantitative estimate of drug-likeness (QED) is 0.203. The van der Waals surface area contributed by atoms with Gasteiger partial charge in [-0.25, -0.2) is 0 Å². The molecule has 0 atom stereocenters. The van der Waals surface area contributed by atoms with Crippen LogP contribution in [0.3, 0.4) is 0 Å². The fourth-order valence-electron chi connectivity index (χ4n) is 4.06. The molecule has 170 valence electrons. The van der Waals surface area contributed by atoms with Gasteiger partial charge in [0.25, 0.3) is 0 Å². The van der Waals surface area contributed by atoms with E-state index in [1.807, 2.05) is 0 Å². The Labute approximate surface area is 196 Å². The van der Waals surface area contributed by atoms with Crippen LogP contribution in [0, 0.1) is 5.92 Å². The van der Waals surface area contributed by atoms with Crippen molar-refractivity contribution in [3.05, 3.63) is 44.5 Å². The Hall–Kier alpha value is -0.106. The second kappa shape index (κ2) is 11.2. The monoisotopic (exact) mass is 486 g/mol. The maximum absolute atomic E-state index is 6.63. The first-order valence-corrected chi connectivity index (χ1v) is 18.9. The molecule has 0 radical (unpaired) electrons. The van der Waals surface area contributed by atoms with Crippen molar-refractivity contribution in [1.29, 1.82) is 0 Å². The van der Waals surface area contributed by atoms with Crippen molar-refractivity contribution in [2.24, 2.45) is 5.92 Å². The predicted octanol–water partition coefficient (Wildman–Crippen LogP) is 8.53. The second-order valence-corrected chi connectivity index (χ2v) is 20.3. The fraction of sp³-hybridized carbons (Fsp3) is 0.667. The van der Waals surface area contributed by atoms with Crippen molar-refractivity contribution in [3.8, 4) is 0 Å². The Bertz CT molecular complexity index is 675. The minimum absolute atomic E-state index is 0.332. The molecule has 0 saturated carbocycles. The van der Waals surface area contributed by atoms with Crippen LogP contribution in [-0.4, -0.2) is 29.8 Å². The highest BCUT2D eigenvalue weighted by atomic mass is 35.5. The molecular weight excluding hydrogens is 447 g/mol. The molecule has 0 bridgehead atoms. The molecule has 0 heterocycles. The second-order valence-electron chi connectivity index (χ2n) is 10.3. The largest absolute Gasteiger partial charge is 0.418 e. The average Bonchev–Trinajstić information content (AvgIpc) is 3.16. The van der Waals surface area contributed by atoms with Gasteiger partial charge in [0.2, 0.25) is 0 Å². The van der Waals surface area contributed by atoms with Gasteiger partial charge >= 0.3 is 0 Å². The summed E-state index contributed by atoms with van der Waals surface area (Å²) in [6.45, 7) is 17.4. The van der Waals surface area contributed by atoms with E-state index in [0.717, 1.165) is 61.8 Å². The molecule has 0 aromatic rings. The average molecular weight is 488 g/mol. The third kappa shape index (κ3) is 8.10. The highest BCUT2D eigenvalue weighted by Gasteiger charge is 2.28. The molecule has 6 heteroatoms. The lowest BCUT2D eigenvalue weighted by Crippen LogP contribution is -2.25. The molecule has 2 aliphatic carbocycles. The Morgan fingerprint density at radius 3 is 1.47 bits per heavy atom. The standard InChI is InChI=1S/C24H40Cl2O2Si2/c1-18(19-12-14-23(25)21(19)10-8-16-27-29(2,3)4)20-13-15-24(26)22(20)11-9-17-28-30(5,6)7/h12-13,18H,8-11,14-17H2,1-7H3. The smallest absolute Gasteiger partial charge is 0.183 e. The third-order valence-corrected chi connectivity index (χ3v) is 8.40. The van der Waals surface area contributed by atoms with E-state index in [9.17, 15) is 0 Å². The molecule has 0 saturated heterocycles. The van der Waals surface area contributed by atoms with Crippen LogP contribution >= 0.6 is 23.2 Å². The van der Waals surface area contributed by atoms with Gasteiger partial charge in [0.15, 0.2) is 16.6 Å². The van der Waals surface area contributed by atoms with Crippen LogP contribution in [0.2, 0.25) is 39.3 Å². The van der Waals surface area contributed by atoms with Crippen LogP contribution in [-0.2, 0) is 8.85 Å². The van der Waals surface area contributed by atoms with Crippen molar-refractivity contribution in [2.45, 2.75) is 84.7 Å². The maximum atomic E-state index is 6.63. The molecule has 0 N–H and O–H groups in total. The lowest BCUT2D eigenvalue weighted by Gasteiger charge is -2.23. The first-order chi connectivity index (χ1) is 13.9. The van der Waals surface area contributed by atoms with Crippen LogP contribution in [0.15, 0.2) is 44.5 Å². The summed E-state index contributed by atoms with van der Waals surface area (Å²) in [6.07, 6.45) is 10.4. The molecule has 0 unspecified atom stereocenters. The van der Waals surface area contributed by atoms with E-state index in [4.69, 9.17) is 32.1 Å². The van der Waals surface area contributed by atoms with Gasteiger partial charge in [0.05, 0.1) is 0 Å². The van der Waals surface area contributed by atoms with Gasteiger partial charge in [-0.05, 0) is 87.3 Å². The van der Waals surface area contributed by atoms with Gasteiger partial charge in [-0.15, -0.1) is 0 Å². The molecule has 0 aliphatic heterocycles. The number of hydrogen-bond acceptors (Lipinski definition) is 2. The number of hydrogen-bond donors (Lipinski definition) is 0. The fourth-order valence-corrected chi connectivity index (χ4v) is 6.14. The van der Waals surface area contributed by atoms with Crippen LogP contribution in [0.5, 0.6) is 0 Å². The van der Waals surface area contributed by atoms with Crippen molar-refractivity contribution >= 4 is 39.8 Å². The zero-order valence-corrected chi connectivity index (χ0v) is 23.5. The lowest BCUT2D eigenvalue weighted by atomic mass is 9.84. The number of rotatable bonds is 12. The van der Waals surface area contributed by atoms with Crippen molar-refractivity contribution in [3.63, 3.8) is 0 Å².